The van der Waals surface area contributed by atoms with Crippen LogP contribution in [0.4, 0.5) is 17.1 Å². The highest BCUT2D eigenvalue weighted by molar-refractivity contribution is 7.25. The van der Waals surface area contributed by atoms with Crippen molar-refractivity contribution >= 4 is 81.3 Å². The number of para-hydroxylation sites is 1. The largest absolute Gasteiger partial charge is 0.456 e. The molecule has 0 saturated carbocycles. The molecule has 2 heterocycles. The molecule has 3 heteroatoms. The molecule has 0 aliphatic carbocycles. The number of rotatable bonds is 7. The lowest BCUT2D eigenvalue weighted by Gasteiger charge is -2.26. The summed E-state index contributed by atoms with van der Waals surface area (Å²) in [5.41, 5.74) is 14.6. The number of nitrogens with zero attached hydrogens (tertiary/aromatic N) is 1. The van der Waals surface area contributed by atoms with E-state index in [0.717, 1.165) is 50.1 Å². The molecule has 0 spiro atoms. The van der Waals surface area contributed by atoms with E-state index in [0.29, 0.717) is 0 Å². The SMILES string of the molecule is c1cc(-c2ccc3oc4ccccc4c3c2)cc(N(c2ccc(-c3ccc(-c4cccc5ccccc45)cc3)cc2)c2ccc(-c3ccc4sc5ccccc5c4c3)cc2)c1. The minimum Gasteiger partial charge on any atom is -0.456 e. The number of fused-ring (bicyclic) bond motifs is 7. The summed E-state index contributed by atoms with van der Waals surface area (Å²) in [7, 11) is 0. The summed E-state index contributed by atoms with van der Waals surface area (Å²) in [4.78, 5) is 2.36. The lowest BCUT2D eigenvalue weighted by atomic mass is 9.96. The molecular weight excluding hydrogens is 759 g/mol. The molecule has 2 aromatic heterocycles. The minimum absolute atomic E-state index is 0.900. The highest BCUT2D eigenvalue weighted by Crippen LogP contribution is 2.41. The Labute approximate surface area is 357 Å². The van der Waals surface area contributed by atoms with Gasteiger partial charge in [0.05, 0.1) is 0 Å². The average molecular weight is 796 g/mol. The molecule has 0 aliphatic rings. The van der Waals surface area contributed by atoms with Gasteiger partial charge >= 0.3 is 0 Å². The molecule has 0 saturated heterocycles. The van der Waals surface area contributed by atoms with Gasteiger partial charge in [-0.05, 0) is 128 Å². The van der Waals surface area contributed by atoms with E-state index < -0.39 is 0 Å². The van der Waals surface area contributed by atoms with Gasteiger partial charge < -0.3 is 9.32 Å². The Balaban J connectivity index is 0.917. The Hall–Kier alpha value is -7.72. The Kier molecular flexibility index (Phi) is 8.39. The van der Waals surface area contributed by atoms with Crippen molar-refractivity contribution in [3.05, 3.63) is 224 Å². The summed E-state index contributed by atoms with van der Waals surface area (Å²) in [6.45, 7) is 0. The molecular formula is C58H37NOS. The fourth-order valence-electron chi connectivity index (χ4n) is 9.01. The van der Waals surface area contributed by atoms with E-state index in [-0.39, 0.29) is 0 Å². The number of benzene rings is 10. The van der Waals surface area contributed by atoms with Crippen LogP contribution in [0, 0.1) is 0 Å². The second-order valence-electron chi connectivity index (χ2n) is 15.7. The van der Waals surface area contributed by atoms with Crippen molar-refractivity contribution < 1.29 is 4.42 Å². The fourth-order valence-corrected chi connectivity index (χ4v) is 10.1. The molecule has 2 nitrogen and oxygen atoms in total. The first-order valence-corrected chi connectivity index (χ1v) is 21.5. The number of hydrogen-bond donors (Lipinski definition) is 0. The highest BCUT2D eigenvalue weighted by Gasteiger charge is 2.16. The predicted molar refractivity (Wildman–Crippen MR) is 261 cm³/mol. The molecule has 0 aliphatic heterocycles. The number of thiophene rings is 1. The molecule has 0 unspecified atom stereocenters. The monoisotopic (exact) mass is 795 g/mol. The predicted octanol–water partition coefficient (Wildman–Crippen LogP) is 17.2. The van der Waals surface area contributed by atoms with E-state index in [1.54, 1.807) is 0 Å². The topological polar surface area (TPSA) is 16.4 Å². The fraction of sp³-hybridized carbons (Fsp3) is 0. The van der Waals surface area contributed by atoms with Gasteiger partial charge in [-0.3, -0.25) is 0 Å². The molecule has 0 bridgehead atoms. The smallest absolute Gasteiger partial charge is 0.135 e. The zero-order valence-corrected chi connectivity index (χ0v) is 33.9. The molecule has 61 heavy (non-hydrogen) atoms. The number of hydrogen-bond acceptors (Lipinski definition) is 3. The van der Waals surface area contributed by atoms with Gasteiger partial charge in [0.15, 0.2) is 0 Å². The number of anilines is 3. The van der Waals surface area contributed by atoms with Crippen LogP contribution < -0.4 is 4.90 Å². The van der Waals surface area contributed by atoms with Gasteiger partial charge in [0.1, 0.15) is 11.2 Å². The highest BCUT2D eigenvalue weighted by atomic mass is 32.1. The summed E-state index contributed by atoms with van der Waals surface area (Å²) in [5, 5.41) is 7.41. The molecule has 12 aromatic rings. The van der Waals surface area contributed by atoms with E-state index >= 15 is 0 Å². The first kappa shape index (κ1) is 35.2. The van der Waals surface area contributed by atoms with Crippen LogP contribution >= 0.6 is 11.3 Å². The summed E-state index contributed by atoms with van der Waals surface area (Å²) in [6, 6.07) is 81.3. The van der Waals surface area contributed by atoms with Gasteiger partial charge in [-0.1, -0.05) is 152 Å². The molecule has 0 amide bonds. The maximum atomic E-state index is 6.17. The third kappa shape index (κ3) is 6.26. The third-order valence-electron chi connectivity index (χ3n) is 12.1. The molecule has 0 atom stereocenters. The minimum atomic E-state index is 0.900. The van der Waals surface area contributed by atoms with Crippen molar-refractivity contribution in [2.24, 2.45) is 0 Å². The van der Waals surface area contributed by atoms with E-state index in [2.05, 4.69) is 217 Å². The van der Waals surface area contributed by atoms with Crippen LogP contribution in [0.5, 0.6) is 0 Å². The lowest BCUT2D eigenvalue weighted by molar-refractivity contribution is 0.669. The molecule has 12 rings (SSSR count). The lowest BCUT2D eigenvalue weighted by Crippen LogP contribution is -2.10. The van der Waals surface area contributed by atoms with Crippen LogP contribution in [0.25, 0.3) is 97.4 Å². The van der Waals surface area contributed by atoms with Crippen LogP contribution in [0.3, 0.4) is 0 Å². The molecule has 0 N–H and O–H groups in total. The Morgan fingerprint density at radius 3 is 1.62 bits per heavy atom. The second kappa shape index (κ2) is 14.5. The van der Waals surface area contributed by atoms with E-state index in [1.165, 1.54) is 64.3 Å². The summed E-state index contributed by atoms with van der Waals surface area (Å²) < 4.78 is 8.81. The van der Waals surface area contributed by atoms with Crippen molar-refractivity contribution in [3.8, 4) is 44.5 Å². The van der Waals surface area contributed by atoms with Gasteiger partial charge in [0.2, 0.25) is 0 Å². The van der Waals surface area contributed by atoms with Gasteiger partial charge in [0, 0.05) is 48.0 Å². The summed E-state index contributed by atoms with van der Waals surface area (Å²) in [5.74, 6) is 0. The maximum absolute atomic E-state index is 6.17. The van der Waals surface area contributed by atoms with Crippen LogP contribution in [-0.4, -0.2) is 0 Å². The van der Waals surface area contributed by atoms with Crippen LogP contribution in [0.2, 0.25) is 0 Å². The Morgan fingerprint density at radius 1 is 0.295 bits per heavy atom. The first-order chi connectivity index (χ1) is 30.2. The molecule has 10 aromatic carbocycles. The van der Waals surface area contributed by atoms with Gasteiger partial charge in [-0.2, -0.15) is 0 Å². The van der Waals surface area contributed by atoms with Crippen molar-refractivity contribution in [1.29, 1.82) is 0 Å². The molecule has 0 radical (unpaired) electrons. The number of furan rings is 1. The van der Waals surface area contributed by atoms with Crippen LogP contribution in [0.1, 0.15) is 0 Å². The zero-order valence-electron chi connectivity index (χ0n) is 33.1. The molecule has 286 valence electrons. The average Bonchev–Trinajstić information content (AvgIpc) is 3.90. The quantitative estimate of drug-likeness (QED) is 0.160. The zero-order chi connectivity index (χ0) is 40.3. The molecule has 0 fully saturated rings. The Bertz CT molecular complexity index is 3570. The van der Waals surface area contributed by atoms with Crippen LogP contribution in [-0.2, 0) is 0 Å². The summed E-state index contributed by atoms with van der Waals surface area (Å²) in [6.07, 6.45) is 0. The van der Waals surface area contributed by atoms with Gasteiger partial charge in [0.25, 0.3) is 0 Å². The third-order valence-corrected chi connectivity index (χ3v) is 13.2. The normalized spacial score (nSPS) is 11.6. The van der Waals surface area contributed by atoms with Crippen LogP contribution in [0.15, 0.2) is 229 Å². The second-order valence-corrected chi connectivity index (χ2v) is 16.8. The van der Waals surface area contributed by atoms with Crippen molar-refractivity contribution in [2.75, 3.05) is 4.90 Å². The maximum Gasteiger partial charge on any atom is 0.135 e. The van der Waals surface area contributed by atoms with Crippen molar-refractivity contribution in [2.45, 2.75) is 0 Å². The Morgan fingerprint density at radius 2 is 0.820 bits per heavy atom. The van der Waals surface area contributed by atoms with E-state index in [1.807, 2.05) is 23.5 Å². The standard InChI is InChI=1S/C58H37NOS/c1-2-13-49-41(9-1)10-8-16-50(49)42-21-19-38(20-22-42)39-23-29-46(30-24-39)59(47-31-25-40(26-32-47)44-28-34-58-54(37-44)52-15-4-6-18-57(52)61-58)48-12-7-11-43(35-48)45-27-33-56-53(36-45)51-14-3-5-17-55(51)60-56/h1-37H. The van der Waals surface area contributed by atoms with E-state index in [9.17, 15) is 0 Å². The van der Waals surface area contributed by atoms with Gasteiger partial charge in [-0.25, -0.2) is 0 Å². The first-order valence-electron chi connectivity index (χ1n) is 20.7. The van der Waals surface area contributed by atoms with Crippen molar-refractivity contribution in [3.63, 3.8) is 0 Å². The van der Waals surface area contributed by atoms with Crippen molar-refractivity contribution in [1.82, 2.24) is 0 Å². The van der Waals surface area contributed by atoms with Gasteiger partial charge in [-0.15, -0.1) is 11.3 Å². The summed E-state index contributed by atoms with van der Waals surface area (Å²) >= 11 is 1.86. The van der Waals surface area contributed by atoms with E-state index in [4.69, 9.17) is 4.42 Å².